The van der Waals surface area contributed by atoms with Gasteiger partial charge >= 0.3 is 0 Å². The minimum absolute atomic E-state index is 0.462. The second kappa shape index (κ2) is 18.9. The molecule has 356 valence electrons. The summed E-state index contributed by atoms with van der Waals surface area (Å²) in [5, 5.41) is 16.0. The van der Waals surface area contributed by atoms with E-state index >= 15 is 4.57 Å². The number of hydrogen-bond acceptors (Lipinski definition) is 8. The zero-order valence-corrected chi connectivity index (χ0v) is 43.5. The summed E-state index contributed by atoms with van der Waals surface area (Å²) in [4.78, 5) is 7.51. The Morgan fingerprint density at radius 1 is 0.444 bits per heavy atom. The average Bonchev–Trinajstić information content (AvgIpc) is 4.09. The number of methoxy groups -OCH3 is 2. The molecule has 10 aromatic rings. The van der Waals surface area contributed by atoms with Crippen LogP contribution in [0.1, 0.15) is 37.6 Å². The SMILES string of the molecule is COc1cccc(OC)c1C1(O)c2sc(-c3ccc(N(c4ccccc4C)c4ccccc4C)cc3)cc2P(=O)(c2ccccc2)c2cc(-c3ccc(N(c4ccccc4C)c4ccccc4C)cc3)sc21. The standard InChI is InChI=1S/C63H53N2O4PS2/c1-41-19-10-14-25-50(41)64(51-26-15-11-20-42(51)2)47-35-31-45(32-36-47)58-39-56-61(71-58)63(66,60-54(68-5)29-18-30-55(60)69-6)62-57(70(56,67)49-23-8-7-9-24-49)40-59(72-62)46-33-37-48(38-34-46)65(52-27-16-12-21-43(52)3)53-28-17-13-22-44(53)4/h7-40,66H,1-6H3. The van der Waals surface area contributed by atoms with E-state index in [1.807, 2.05) is 48.5 Å². The van der Waals surface area contributed by atoms with Gasteiger partial charge in [0.2, 0.25) is 0 Å². The Balaban J connectivity index is 1.09. The number of ether oxygens (including phenoxy) is 2. The third-order valence-corrected chi connectivity index (χ3v) is 19.9. The lowest BCUT2D eigenvalue weighted by atomic mass is 9.88. The van der Waals surface area contributed by atoms with Crippen molar-refractivity contribution in [1.29, 1.82) is 0 Å². The fourth-order valence-electron chi connectivity index (χ4n) is 10.2. The molecule has 0 spiro atoms. The van der Waals surface area contributed by atoms with Gasteiger partial charge in [-0.1, -0.05) is 133 Å². The van der Waals surface area contributed by atoms with Crippen molar-refractivity contribution in [2.75, 3.05) is 24.0 Å². The zero-order valence-electron chi connectivity index (χ0n) is 41.0. The normalized spacial score (nSPS) is 15.9. The number of para-hydroxylation sites is 4. The number of anilines is 6. The predicted molar refractivity (Wildman–Crippen MR) is 302 cm³/mol. The smallest absolute Gasteiger partial charge is 0.173 e. The van der Waals surface area contributed by atoms with Gasteiger partial charge in [0.25, 0.3) is 0 Å². The van der Waals surface area contributed by atoms with Gasteiger partial charge in [0.15, 0.2) is 12.7 Å². The van der Waals surface area contributed by atoms with Crippen molar-refractivity contribution in [2.24, 2.45) is 0 Å². The van der Waals surface area contributed by atoms with Crippen LogP contribution < -0.4 is 35.2 Å². The van der Waals surface area contributed by atoms with Crippen molar-refractivity contribution < 1.29 is 19.1 Å². The second-order valence-electron chi connectivity index (χ2n) is 18.3. The quantitative estimate of drug-likeness (QED) is 0.123. The van der Waals surface area contributed by atoms with Crippen LogP contribution in [0.2, 0.25) is 0 Å². The zero-order chi connectivity index (χ0) is 49.7. The maximum absolute atomic E-state index is 16.9. The molecule has 0 saturated carbocycles. The average molecular weight is 997 g/mol. The lowest BCUT2D eigenvalue weighted by Gasteiger charge is -2.37. The van der Waals surface area contributed by atoms with E-state index in [4.69, 9.17) is 9.47 Å². The predicted octanol–water partition coefficient (Wildman–Crippen LogP) is 15.6. The van der Waals surface area contributed by atoms with Gasteiger partial charge in [-0.3, -0.25) is 0 Å². The van der Waals surface area contributed by atoms with Crippen molar-refractivity contribution in [3.8, 4) is 32.4 Å². The highest BCUT2D eigenvalue weighted by Gasteiger charge is 2.55. The van der Waals surface area contributed by atoms with Crippen LogP contribution >= 0.6 is 29.8 Å². The summed E-state index contributed by atoms with van der Waals surface area (Å²) in [5.74, 6) is 0.924. The van der Waals surface area contributed by atoms with Crippen molar-refractivity contribution in [3.63, 3.8) is 0 Å². The monoisotopic (exact) mass is 996 g/mol. The van der Waals surface area contributed by atoms with E-state index < -0.39 is 12.7 Å². The molecule has 0 amide bonds. The molecule has 1 aliphatic rings. The molecule has 1 aliphatic heterocycles. The number of thiophene rings is 2. The Morgan fingerprint density at radius 2 is 0.792 bits per heavy atom. The fraction of sp³-hybridized carbons (Fsp3) is 0.111. The van der Waals surface area contributed by atoms with Crippen molar-refractivity contribution in [1.82, 2.24) is 0 Å². The summed E-state index contributed by atoms with van der Waals surface area (Å²) in [6.07, 6.45) is 0. The van der Waals surface area contributed by atoms with E-state index in [2.05, 4.69) is 195 Å². The topological polar surface area (TPSA) is 62.2 Å². The van der Waals surface area contributed by atoms with Crippen LogP contribution in [0.5, 0.6) is 11.5 Å². The molecular weight excluding hydrogens is 944 g/mol. The van der Waals surface area contributed by atoms with Crippen molar-refractivity contribution >= 4 is 79.9 Å². The first kappa shape index (κ1) is 46.9. The van der Waals surface area contributed by atoms with Crippen LogP contribution in [-0.4, -0.2) is 19.3 Å². The molecule has 72 heavy (non-hydrogen) atoms. The van der Waals surface area contributed by atoms with Crippen LogP contribution in [0.3, 0.4) is 0 Å². The summed E-state index contributed by atoms with van der Waals surface area (Å²) < 4.78 is 29.1. The van der Waals surface area contributed by atoms with Crippen LogP contribution in [0.4, 0.5) is 34.1 Å². The first-order chi connectivity index (χ1) is 35.0. The van der Waals surface area contributed by atoms with E-state index in [0.29, 0.717) is 42.7 Å². The Kier molecular flexibility index (Phi) is 12.3. The molecule has 0 saturated heterocycles. The molecule has 2 aromatic heterocycles. The molecule has 0 aliphatic carbocycles. The molecule has 0 unspecified atom stereocenters. The Labute approximate surface area is 430 Å². The Bertz CT molecular complexity index is 3370. The molecule has 6 nitrogen and oxygen atoms in total. The van der Waals surface area contributed by atoms with Crippen LogP contribution in [0.15, 0.2) is 206 Å². The van der Waals surface area contributed by atoms with E-state index in [1.54, 1.807) is 14.2 Å². The van der Waals surface area contributed by atoms with Gasteiger partial charge in [0.05, 0.1) is 29.5 Å². The second-order valence-corrected chi connectivity index (χ2v) is 23.1. The molecule has 3 heterocycles. The van der Waals surface area contributed by atoms with Gasteiger partial charge in [-0.25, -0.2) is 0 Å². The molecule has 9 heteroatoms. The van der Waals surface area contributed by atoms with E-state index in [9.17, 15) is 5.11 Å². The van der Waals surface area contributed by atoms with Gasteiger partial charge in [-0.15, -0.1) is 22.7 Å². The number of aryl methyl sites for hydroxylation is 4. The van der Waals surface area contributed by atoms with Gasteiger partial charge in [-0.05, 0) is 134 Å². The highest BCUT2D eigenvalue weighted by molar-refractivity contribution is 7.86. The molecule has 0 fully saturated rings. The number of nitrogens with zero attached hydrogens (tertiary/aromatic N) is 2. The minimum atomic E-state index is -3.66. The summed E-state index contributed by atoms with van der Waals surface area (Å²) in [6, 6.07) is 70.3. The van der Waals surface area contributed by atoms with Crippen LogP contribution in [-0.2, 0) is 10.2 Å². The van der Waals surface area contributed by atoms with Gasteiger partial charge in [0.1, 0.15) is 11.5 Å². The minimum Gasteiger partial charge on any atom is -0.496 e. The van der Waals surface area contributed by atoms with Crippen molar-refractivity contribution in [2.45, 2.75) is 33.3 Å². The molecule has 1 N–H and O–H groups in total. The lowest BCUT2D eigenvalue weighted by molar-refractivity contribution is 0.127. The number of rotatable bonds is 12. The van der Waals surface area contributed by atoms with E-state index in [1.165, 1.54) is 22.7 Å². The number of benzene rings is 8. The maximum atomic E-state index is 16.9. The summed E-state index contributed by atoms with van der Waals surface area (Å²) in [6.45, 7) is 8.55. The van der Waals surface area contributed by atoms with E-state index in [0.717, 1.165) is 77.3 Å². The van der Waals surface area contributed by atoms with Gasteiger partial charge in [-0.2, -0.15) is 0 Å². The first-order valence-electron chi connectivity index (χ1n) is 24.0. The van der Waals surface area contributed by atoms with Crippen LogP contribution in [0.25, 0.3) is 20.9 Å². The molecule has 0 bridgehead atoms. The summed E-state index contributed by atoms with van der Waals surface area (Å²) in [5.41, 5.74) is 11.6. The lowest BCUT2D eigenvalue weighted by Crippen LogP contribution is -2.43. The molecule has 0 atom stereocenters. The maximum Gasteiger partial charge on any atom is 0.173 e. The Hall–Kier alpha value is -7.45. The molecular formula is C63H53N2O4PS2. The fourth-order valence-corrected chi connectivity index (χ4v) is 16.8. The van der Waals surface area contributed by atoms with Gasteiger partial charge in [0, 0.05) is 59.8 Å². The number of hydrogen-bond donors (Lipinski definition) is 1. The number of fused-ring (bicyclic) bond motifs is 2. The highest BCUT2D eigenvalue weighted by Crippen LogP contribution is 2.61. The third-order valence-electron chi connectivity index (χ3n) is 13.9. The van der Waals surface area contributed by atoms with Gasteiger partial charge < -0.3 is 28.9 Å². The van der Waals surface area contributed by atoms with Crippen molar-refractivity contribution in [3.05, 3.63) is 244 Å². The number of aliphatic hydroxyl groups is 1. The molecule has 11 rings (SSSR count). The van der Waals surface area contributed by atoms with E-state index in [-0.39, 0.29) is 0 Å². The third kappa shape index (κ3) is 7.78. The van der Waals surface area contributed by atoms with Crippen LogP contribution in [0, 0.1) is 27.7 Å². The summed E-state index contributed by atoms with van der Waals surface area (Å²) in [7, 11) is -0.444. The Morgan fingerprint density at radius 3 is 1.14 bits per heavy atom. The molecule has 0 radical (unpaired) electrons. The molecule has 8 aromatic carbocycles. The first-order valence-corrected chi connectivity index (χ1v) is 27.3. The largest absolute Gasteiger partial charge is 0.496 e. The summed E-state index contributed by atoms with van der Waals surface area (Å²) >= 11 is 2.93. The highest BCUT2D eigenvalue weighted by atomic mass is 32.1.